The minimum atomic E-state index is -0.611. The minimum absolute atomic E-state index is 0.192. The maximum Gasteiger partial charge on any atom is 0.299 e. The number of thiophene rings is 1. The van der Waals surface area contributed by atoms with Crippen molar-refractivity contribution in [1.29, 1.82) is 0 Å². The fourth-order valence-electron chi connectivity index (χ4n) is 2.08. The van der Waals surface area contributed by atoms with Crippen molar-refractivity contribution < 1.29 is 9.59 Å². The third-order valence-corrected chi connectivity index (χ3v) is 5.54. The molecule has 0 spiro atoms. The number of hydrogen-bond donors (Lipinski definition) is 0. The van der Waals surface area contributed by atoms with Gasteiger partial charge >= 0.3 is 0 Å². The van der Waals surface area contributed by atoms with Gasteiger partial charge in [-0.2, -0.15) is 0 Å². The molecule has 0 saturated heterocycles. The number of Topliss-reactive ketones (excluding diaryl/α,β-unsaturated/α-hetero) is 1. The van der Waals surface area contributed by atoms with E-state index in [-0.39, 0.29) is 17.1 Å². The van der Waals surface area contributed by atoms with Gasteiger partial charge in [-0.05, 0) is 39.5 Å². The highest BCUT2D eigenvalue weighted by Crippen LogP contribution is 2.41. The van der Waals surface area contributed by atoms with Crippen LogP contribution in [0.4, 0.5) is 5.69 Å². The van der Waals surface area contributed by atoms with Crippen LogP contribution < -0.4 is 4.90 Å². The van der Waals surface area contributed by atoms with Gasteiger partial charge in [0.1, 0.15) is 0 Å². The Labute approximate surface area is 137 Å². The molecule has 0 bridgehead atoms. The summed E-state index contributed by atoms with van der Waals surface area (Å²) in [7, 11) is 0. The molecule has 0 aliphatic carbocycles. The van der Waals surface area contributed by atoms with Crippen molar-refractivity contribution in [3.63, 3.8) is 0 Å². The maximum absolute atomic E-state index is 12.2. The van der Waals surface area contributed by atoms with Gasteiger partial charge in [-0.25, -0.2) is 0 Å². The molecule has 0 N–H and O–H groups in total. The molecule has 2 heterocycles. The number of carbonyl (C=O) groups excluding carboxylic acids is 2. The third kappa shape index (κ3) is 2.09. The normalized spacial score (nSPS) is 14.1. The van der Waals surface area contributed by atoms with Crippen LogP contribution in [0.5, 0.6) is 0 Å². The molecule has 0 fully saturated rings. The first-order chi connectivity index (χ1) is 9.50. The molecular weight excluding hydrogens is 385 g/mol. The topological polar surface area (TPSA) is 37.4 Å². The molecule has 1 aromatic carbocycles. The van der Waals surface area contributed by atoms with Crippen molar-refractivity contribution >= 4 is 67.8 Å². The van der Waals surface area contributed by atoms with Crippen LogP contribution in [0.2, 0.25) is 10.0 Å². The van der Waals surface area contributed by atoms with Gasteiger partial charge in [0.25, 0.3) is 11.7 Å². The monoisotopic (exact) mass is 389 g/mol. The van der Waals surface area contributed by atoms with Crippen molar-refractivity contribution in [3.8, 4) is 0 Å². The zero-order chi connectivity index (χ0) is 14.4. The Bertz CT molecular complexity index is 744. The van der Waals surface area contributed by atoms with Crippen LogP contribution in [0.25, 0.3) is 0 Å². The zero-order valence-corrected chi connectivity index (χ0v) is 13.7. The number of benzene rings is 1. The van der Waals surface area contributed by atoms with E-state index in [0.29, 0.717) is 10.7 Å². The van der Waals surface area contributed by atoms with Crippen LogP contribution >= 0.6 is 50.5 Å². The minimum Gasteiger partial charge on any atom is -0.298 e. The Morgan fingerprint density at radius 3 is 2.50 bits per heavy atom. The number of fused-ring (bicyclic) bond motifs is 1. The van der Waals surface area contributed by atoms with Gasteiger partial charge in [-0.1, -0.05) is 23.2 Å². The summed E-state index contributed by atoms with van der Waals surface area (Å²) >= 11 is 17.1. The quantitative estimate of drug-likeness (QED) is 0.705. The second-order valence-electron chi connectivity index (χ2n) is 4.16. The summed E-state index contributed by atoms with van der Waals surface area (Å²) in [6.45, 7) is 0.288. The average Bonchev–Trinajstić information content (AvgIpc) is 2.92. The van der Waals surface area contributed by atoms with Crippen molar-refractivity contribution in [1.82, 2.24) is 0 Å². The molecule has 1 aliphatic heterocycles. The number of nitrogens with zero attached hydrogens (tertiary/aromatic N) is 1. The van der Waals surface area contributed by atoms with Crippen LogP contribution in [-0.4, -0.2) is 11.7 Å². The predicted octanol–water partition coefficient (Wildman–Crippen LogP) is 4.55. The summed E-state index contributed by atoms with van der Waals surface area (Å²) in [5.41, 5.74) is 0.589. The summed E-state index contributed by atoms with van der Waals surface area (Å²) < 4.78 is 0.898. The first kappa shape index (κ1) is 14.1. The molecule has 2 aromatic rings. The van der Waals surface area contributed by atoms with E-state index in [1.807, 2.05) is 11.4 Å². The van der Waals surface area contributed by atoms with Gasteiger partial charge in [0.05, 0.1) is 27.8 Å². The number of ketones is 1. The van der Waals surface area contributed by atoms with Crippen molar-refractivity contribution in [2.75, 3.05) is 4.90 Å². The molecule has 0 saturated carbocycles. The lowest BCUT2D eigenvalue weighted by atomic mass is 10.1. The lowest BCUT2D eigenvalue weighted by Crippen LogP contribution is -2.29. The fraction of sp³-hybridized carbons (Fsp3) is 0.0769. The molecule has 0 unspecified atom stereocenters. The molecule has 20 heavy (non-hydrogen) atoms. The van der Waals surface area contributed by atoms with E-state index in [1.54, 1.807) is 6.07 Å². The third-order valence-electron chi connectivity index (χ3n) is 3.01. The summed E-state index contributed by atoms with van der Waals surface area (Å²) in [6.07, 6.45) is 0. The lowest BCUT2D eigenvalue weighted by molar-refractivity contribution is -0.114. The van der Waals surface area contributed by atoms with Crippen molar-refractivity contribution in [2.45, 2.75) is 6.54 Å². The smallest absolute Gasteiger partial charge is 0.298 e. The van der Waals surface area contributed by atoms with Crippen LogP contribution in [-0.2, 0) is 11.3 Å². The van der Waals surface area contributed by atoms with E-state index in [4.69, 9.17) is 23.2 Å². The Hall–Kier alpha value is -0.880. The molecular formula is C13H6BrCl2NO2S. The molecule has 1 amide bonds. The number of rotatable bonds is 2. The molecule has 0 radical (unpaired) electrons. The highest BCUT2D eigenvalue weighted by molar-refractivity contribution is 9.10. The van der Waals surface area contributed by atoms with Crippen LogP contribution in [0, 0.1) is 0 Å². The van der Waals surface area contributed by atoms with Gasteiger partial charge in [0.15, 0.2) is 0 Å². The molecule has 102 valence electrons. The average molecular weight is 391 g/mol. The number of carbonyl (C=O) groups is 2. The van der Waals surface area contributed by atoms with Gasteiger partial charge in [0, 0.05) is 9.35 Å². The zero-order valence-electron chi connectivity index (χ0n) is 9.82. The molecule has 0 atom stereocenters. The number of anilines is 1. The second kappa shape index (κ2) is 5.15. The van der Waals surface area contributed by atoms with E-state index in [0.717, 1.165) is 9.35 Å². The Kier molecular flexibility index (Phi) is 3.62. The standard InChI is InChI=1S/C13H6BrCl2NO2S/c14-6-3-4-20-9(6)5-17-11-8(16)2-1-7(15)10(11)12(18)13(17)19/h1-4H,5H2. The summed E-state index contributed by atoms with van der Waals surface area (Å²) in [5.74, 6) is -1.21. The summed E-state index contributed by atoms with van der Waals surface area (Å²) in [5, 5.41) is 2.49. The van der Waals surface area contributed by atoms with E-state index in [2.05, 4.69) is 15.9 Å². The van der Waals surface area contributed by atoms with Crippen molar-refractivity contribution in [2.24, 2.45) is 0 Å². The van der Waals surface area contributed by atoms with Crippen LogP contribution in [0.15, 0.2) is 28.1 Å². The van der Waals surface area contributed by atoms with Gasteiger partial charge in [0.2, 0.25) is 0 Å². The molecule has 3 rings (SSSR count). The number of halogens is 3. The van der Waals surface area contributed by atoms with Gasteiger partial charge in [-0.3, -0.25) is 14.5 Å². The maximum atomic E-state index is 12.2. The highest BCUT2D eigenvalue weighted by atomic mass is 79.9. The predicted molar refractivity (Wildman–Crippen MR) is 84.0 cm³/mol. The SMILES string of the molecule is O=C1C(=O)N(Cc2sccc2Br)c2c(Cl)ccc(Cl)c21. The van der Waals surface area contributed by atoms with Crippen LogP contribution in [0.3, 0.4) is 0 Å². The Balaban J connectivity index is 2.11. The highest BCUT2D eigenvalue weighted by Gasteiger charge is 2.39. The fourth-order valence-corrected chi connectivity index (χ4v) is 4.05. The lowest BCUT2D eigenvalue weighted by Gasteiger charge is -2.17. The van der Waals surface area contributed by atoms with Crippen LogP contribution in [0.1, 0.15) is 15.2 Å². The van der Waals surface area contributed by atoms with Gasteiger partial charge < -0.3 is 0 Å². The van der Waals surface area contributed by atoms with E-state index in [1.165, 1.54) is 22.3 Å². The summed E-state index contributed by atoms with van der Waals surface area (Å²) in [6, 6.07) is 5.01. The first-order valence-corrected chi connectivity index (χ1v) is 7.99. The molecule has 3 nitrogen and oxygen atoms in total. The number of amides is 1. The van der Waals surface area contributed by atoms with Gasteiger partial charge in [-0.15, -0.1) is 11.3 Å². The Morgan fingerprint density at radius 1 is 1.15 bits per heavy atom. The first-order valence-electron chi connectivity index (χ1n) is 5.56. The molecule has 7 heteroatoms. The van der Waals surface area contributed by atoms with E-state index < -0.39 is 11.7 Å². The second-order valence-corrected chi connectivity index (χ2v) is 6.83. The largest absolute Gasteiger partial charge is 0.299 e. The summed E-state index contributed by atoms with van der Waals surface area (Å²) in [4.78, 5) is 26.5. The van der Waals surface area contributed by atoms with E-state index >= 15 is 0 Å². The van der Waals surface area contributed by atoms with E-state index in [9.17, 15) is 9.59 Å². The molecule has 1 aliphatic rings. The van der Waals surface area contributed by atoms with Crippen molar-refractivity contribution in [3.05, 3.63) is 48.5 Å². The Morgan fingerprint density at radius 2 is 1.85 bits per heavy atom. The number of hydrogen-bond acceptors (Lipinski definition) is 3. The molecule has 1 aromatic heterocycles.